The van der Waals surface area contributed by atoms with E-state index in [1.165, 1.54) is 0 Å². The van der Waals surface area contributed by atoms with Gasteiger partial charge < -0.3 is 15.0 Å². The average Bonchev–Trinajstić information content (AvgIpc) is 2.93. The average molecular weight is 287 g/mol. The summed E-state index contributed by atoms with van der Waals surface area (Å²) in [6.07, 6.45) is 4.54. The topological polar surface area (TPSA) is 74.2 Å². The number of hydrogen-bond acceptors (Lipinski definition) is 5. The van der Waals surface area contributed by atoms with Crippen LogP contribution >= 0.6 is 0 Å². The normalized spacial score (nSPS) is 16.5. The fourth-order valence-corrected chi connectivity index (χ4v) is 2.59. The molecule has 1 heterocycles. The van der Waals surface area contributed by atoms with Gasteiger partial charge in [0.15, 0.2) is 5.82 Å². The second-order valence-corrected chi connectivity index (χ2v) is 5.56. The molecule has 0 atom stereocenters. The first-order chi connectivity index (χ1) is 10.2. The third kappa shape index (κ3) is 2.93. The molecule has 1 aromatic heterocycles. The number of aromatic nitrogens is 2. The summed E-state index contributed by atoms with van der Waals surface area (Å²) in [5, 5.41) is 4.04. The molecule has 0 bridgehead atoms. The molecule has 1 aliphatic rings. The highest BCUT2D eigenvalue weighted by Crippen LogP contribution is 2.36. The van der Waals surface area contributed by atoms with Crippen LogP contribution in [0.25, 0.3) is 0 Å². The lowest BCUT2D eigenvalue weighted by Gasteiger charge is -2.34. The van der Waals surface area contributed by atoms with Gasteiger partial charge in [0, 0.05) is 6.42 Å². The standard InChI is InChI=1S/C16H21N3O2/c1-2-20-13-7-4-3-6-12(13)8-9-14-18-15(19-21-14)16(17)10-5-11-16/h3-4,6-7H,2,5,8-11,17H2,1H3. The number of para-hydroxylation sites is 1. The van der Waals surface area contributed by atoms with Crippen molar-refractivity contribution in [3.63, 3.8) is 0 Å². The monoisotopic (exact) mass is 287 g/mol. The summed E-state index contributed by atoms with van der Waals surface area (Å²) in [5.41, 5.74) is 7.00. The van der Waals surface area contributed by atoms with E-state index in [4.69, 9.17) is 15.0 Å². The number of ether oxygens (including phenoxy) is 1. The van der Waals surface area contributed by atoms with Gasteiger partial charge in [-0.25, -0.2) is 0 Å². The van der Waals surface area contributed by atoms with Crippen molar-refractivity contribution < 1.29 is 9.26 Å². The van der Waals surface area contributed by atoms with Crippen molar-refractivity contribution in [2.75, 3.05) is 6.61 Å². The minimum absolute atomic E-state index is 0.356. The second-order valence-electron chi connectivity index (χ2n) is 5.56. The summed E-state index contributed by atoms with van der Waals surface area (Å²) in [6.45, 7) is 2.65. The molecule has 21 heavy (non-hydrogen) atoms. The molecule has 0 saturated heterocycles. The van der Waals surface area contributed by atoms with E-state index in [0.717, 1.165) is 37.0 Å². The molecule has 0 spiro atoms. The SMILES string of the molecule is CCOc1ccccc1CCc1nc(C2(N)CCC2)no1. The van der Waals surface area contributed by atoms with Crippen molar-refractivity contribution in [1.82, 2.24) is 10.1 Å². The van der Waals surface area contributed by atoms with Crippen LogP contribution in [-0.2, 0) is 18.4 Å². The Bertz CT molecular complexity index is 605. The molecule has 0 amide bonds. The molecule has 2 N–H and O–H groups in total. The van der Waals surface area contributed by atoms with Crippen LogP contribution in [0, 0.1) is 0 Å². The highest BCUT2D eigenvalue weighted by molar-refractivity contribution is 5.33. The maximum atomic E-state index is 6.20. The lowest BCUT2D eigenvalue weighted by molar-refractivity contribution is 0.229. The predicted molar refractivity (Wildman–Crippen MR) is 79.0 cm³/mol. The van der Waals surface area contributed by atoms with Crippen LogP contribution in [0.2, 0.25) is 0 Å². The minimum Gasteiger partial charge on any atom is -0.494 e. The van der Waals surface area contributed by atoms with E-state index in [1.54, 1.807) is 0 Å². The third-order valence-electron chi connectivity index (χ3n) is 4.04. The molecule has 1 aliphatic carbocycles. The zero-order chi connectivity index (χ0) is 14.7. The van der Waals surface area contributed by atoms with Gasteiger partial charge in [-0.3, -0.25) is 0 Å². The van der Waals surface area contributed by atoms with Crippen molar-refractivity contribution in [1.29, 1.82) is 0 Å². The Balaban J connectivity index is 1.65. The first-order valence-electron chi connectivity index (χ1n) is 7.54. The van der Waals surface area contributed by atoms with Gasteiger partial charge in [0.1, 0.15) is 5.75 Å². The van der Waals surface area contributed by atoms with Crippen LogP contribution in [0.5, 0.6) is 5.75 Å². The van der Waals surface area contributed by atoms with Crippen molar-refractivity contribution in [2.24, 2.45) is 5.73 Å². The zero-order valence-electron chi connectivity index (χ0n) is 12.3. The molecule has 0 unspecified atom stereocenters. The Morgan fingerprint density at radius 3 is 2.81 bits per heavy atom. The fraction of sp³-hybridized carbons (Fsp3) is 0.500. The van der Waals surface area contributed by atoms with Crippen LogP contribution in [0.15, 0.2) is 28.8 Å². The van der Waals surface area contributed by atoms with Gasteiger partial charge in [-0.1, -0.05) is 23.4 Å². The second kappa shape index (κ2) is 5.85. The van der Waals surface area contributed by atoms with E-state index in [2.05, 4.69) is 16.2 Å². The fourth-order valence-electron chi connectivity index (χ4n) is 2.59. The number of aryl methyl sites for hydroxylation is 2. The zero-order valence-corrected chi connectivity index (χ0v) is 12.3. The summed E-state index contributed by atoms with van der Waals surface area (Å²) in [6, 6.07) is 8.05. The molecule has 5 heteroatoms. The van der Waals surface area contributed by atoms with Crippen LogP contribution in [-0.4, -0.2) is 16.7 Å². The molecular formula is C16H21N3O2. The molecule has 1 aromatic carbocycles. The quantitative estimate of drug-likeness (QED) is 0.884. The first kappa shape index (κ1) is 14.1. The van der Waals surface area contributed by atoms with Crippen LogP contribution in [0.1, 0.15) is 43.5 Å². The van der Waals surface area contributed by atoms with Gasteiger partial charge in [0.05, 0.1) is 12.1 Å². The van der Waals surface area contributed by atoms with Gasteiger partial charge in [-0.05, 0) is 44.2 Å². The van der Waals surface area contributed by atoms with E-state index >= 15 is 0 Å². The molecule has 1 saturated carbocycles. The van der Waals surface area contributed by atoms with Gasteiger partial charge in [0.25, 0.3) is 0 Å². The van der Waals surface area contributed by atoms with Gasteiger partial charge in [-0.2, -0.15) is 4.98 Å². The van der Waals surface area contributed by atoms with Gasteiger partial charge in [0.2, 0.25) is 5.89 Å². The highest BCUT2D eigenvalue weighted by atomic mass is 16.5. The Morgan fingerprint density at radius 2 is 2.10 bits per heavy atom. The summed E-state index contributed by atoms with van der Waals surface area (Å²) >= 11 is 0. The Morgan fingerprint density at radius 1 is 1.29 bits per heavy atom. The lowest BCUT2D eigenvalue weighted by atomic mass is 9.77. The summed E-state index contributed by atoms with van der Waals surface area (Å²) in [5.74, 6) is 2.23. The maximum absolute atomic E-state index is 6.20. The molecular weight excluding hydrogens is 266 g/mol. The molecule has 0 radical (unpaired) electrons. The predicted octanol–water partition coefficient (Wildman–Crippen LogP) is 2.59. The molecule has 0 aliphatic heterocycles. The number of rotatable bonds is 6. The first-order valence-corrected chi connectivity index (χ1v) is 7.54. The lowest BCUT2D eigenvalue weighted by Crippen LogP contribution is -2.44. The largest absolute Gasteiger partial charge is 0.494 e. The van der Waals surface area contributed by atoms with E-state index in [-0.39, 0.29) is 5.54 Å². The van der Waals surface area contributed by atoms with E-state index in [9.17, 15) is 0 Å². The summed E-state index contributed by atoms with van der Waals surface area (Å²) in [7, 11) is 0. The van der Waals surface area contributed by atoms with Gasteiger partial charge in [-0.15, -0.1) is 0 Å². The van der Waals surface area contributed by atoms with Crippen LogP contribution in [0.4, 0.5) is 0 Å². The Hall–Kier alpha value is -1.88. The van der Waals surface area contributed by atoms with E-state index in [0.29, 0.717) is 24.7 Å². The molecule has 3 rings (SSSR count). The Kier molecular flexibility index (Phi) is 3.92. The third-order valence-corrected chi connectivity index (χ3v) is 4.04. The summed E-state index contributed by atoms with van der Waals surface area (Å²) in [4.78, 5) is 4.45. The van der Waals surface area contributed by atoms with E-state index in [1.807, 2.05) is 25.1 Å². The summed E-state index contributed by atoms with van der Waals surface area (Å²) < 4.78 is 11.0. The van der Waals surface area contributed by atoms with Gasteiger partial charge >= 0.3 is 0 Å². The molecule has 2 aromatic rings. The van der Waals surface area contributed by atoms with Crippen LogP contribution < -0.4 is 10.5 Å². The smallest absolute Gasteiger partial charge is 0.227 e. The van der Waals surface area contributed by atoms with Crippen molar-refractivity contribution >= 4 is 0 Å². The molecule has 5 nitrogen and oxygen atoms in total. The molecule has 112 valence electrons. The highest BCUT2D eigenvalue weighted by Gasteiger charge is 2.38. The number of nitrogens with two attached hydrogens (primary N) is 1. The maximum Gasteiger partial charge on any atom is 0.227 e. The molecule has 1 fully saturated rings. The van der Waals surface area contributed by atoms with Crippen molar-refractivity contribution in [3.05, 3.63) is 41.5 Å². The van der Waals surface area contributed by atoms with Crippen LogP contribution in [0.3, 0.4) is 0 Å². The Labute approximate surface area is 124 Å². The number of hydrogen-bond donors (Lipinski definition) is 1. The minimum atomic E-state index is -0.356. The number of benzene rings is 1. The van der Waals surface area contributed by atoms with E-state index < -0.39 is 0 Å². The number of nitrogens with zero attached hydrogens (tertiary/aromatic N) is 2. The van der Waals surface area contributed by atoms with Crippen molar-refractivity contribution in [2.45, 2.75) is 44.6 Å². The van der Waals surface area contributed by atoms with Crippen molar-refractivity contribution in [3.8, 4) is 5.75 Å².